The molecule has 31 heavy (non-hydrogen) atoms. The predicted molar refractivity (Wildman–Crippen MR) is 124 cm³/mol. The number of carbonyl (C=O) groups is 1. The number of carbonyl (C=O) groups excluding carboxylic acids is 1. The lowest BCUT2D eigenvalue weighted by Crippen LogP contribution is -2.49. The molecule has 0 spiro atoms. The van der Waals surface area contributed by atoms with Gasteiger partial charge in [-0.3, -0.25) is 4.79 Å². The lowest BCUT2D eigenvalue weighted by Gasteiger charge is -2.36. The van der Waals surface area contributed by atoms with Crippen molar-refractivity contribution in [2.24, 2.45) is 0 Å². The molecule has 2 fully saturated rings. The summed E-state index contributed by atoms with van der Waals surface area (Å²) >= 11 is 0. The number of piperazine rings is 2. The van der Waals surface area contributed by atoms with E-state index in [-0.39, 0.29) is 5.91 Å². The summed E-state index contributed by atoms with van der Waals surface area (Å²) in [6, 6.07) is 18.2. The van der Waals surface area contributed by atoms with Crippen molar-refractivity contribution in [2.45, 2.75) is 0 Å². The number of amides is 1. The summed E-state index contributed by atoms with van der Waals surface area (Å²) in [5.74, 6) is 1.93. The van der Waals surface area contributed by atoms with Crippen LogP contribution in [0.15, 0.2) is 54.6 Å². The second-order valence-corrected chi connectivity index (χ2v) is 8.38. The quantitative estimate of drug-likeness (QED) is 0.653. The predicted octanol–water partition coefficient (Wildman–Crippen LogP) is 2.34. The Morgan fingerprint density at radius 2 is 1.29 bits per heavy atom. The molecule has 2 saturated heterocycles. The summed E-state index contributed by atoms with van der Waals surface area (Å²) in [6.45, 7) is 6.98. The van der Waals surface area contributed by atoms with E-state index in [0.29, 0.717) is 13.1 Å². The Balaban J connectivity index is 1.20. The van der Waals surface area contributed by atoms with Crippen LogP contribution in [-0.2, 0) is 0 Å². The van der Waals surface area contributed by atoms with Gasteiger partial charge in [0.05, 0.1) is 0 Å². The van der Waals surface area contributed by atoms with Gasteiger partial charge in [-0.2, -0.15) is 0 Å². The van der Waals surface area contributed by atoms with E-state index in [9.17, 15) is 4.79 Å². The van der Waals surface area contributed by atoms with Crippen LogP contribution in [0.4, 0.5) is 11.6 Å². The van der Waals surface area contributed by atoms with Gasteiger partial charge in [-0.25, -0.2) is 0 Å². The zero-order valence-corrected chi connectivity index (χ0v) is 17.9. The fraction of sp³-hybridized carbons (Fsp3) is 0.375. The highest BCUT2D eigenvalue weighted by Crippen LogP contribution is 2.20. The molecule has 2 aromatic carbocycles. The van der Waals surface area contributed by atoms with Crippen LogP contribution >= 0.6 is 0 Å². The highest BCUT2D eigenvalue weighted by atomic mass is 16.2. The highest BCUT2D eigenvalue weighted by Gasteiger charge is 2.24. The second-order valence-electron chi connectivity index (χ2n) is 8.38. The summed E-state index contributed by atoms with van der Waals surface area (Å²) < 4.78 is 0. The van der Waals surface area contributed by atoms with Gasteiger partial charge in [0.25, 0.3) is 5.91 Å². The maximum absolute atomic E-state index is 13.0. The Hall–Kier alpha value is -3.19. The Morgan fingerprint density at radius 1 is 0.710 bits per heavy atom. The monoisotopic (exact) mass is 416 g/mol. The van der Waals surface area contributed by atoms with Crippen LogP contribution < -0.4 is 9.80 Å². The molecule has 0 aliphatic carbocycles. The summed E-state index contributed by atoms with van der Waals surface area (Å²) in [5.41, 5.74) is 0.753. The molecule has 0 N–H and O–H groups in total. The zero-order valence-electron chi connectivity index (χ0n) is 17.9. The van der Waals surface area contributed by atoms with E-state index in [4.69, 9.17) is 0 Å². The number of hydrogen-bond donors (Lipinski definition) is 0. The molecule has 5 rings (SSSR count). The van der Waals surface area contributed by atoms with E-state index >= 15 is 0 Å². The summed E-state index contributed by atoms with van der Waals surface area (Å²) in [6.07, 6.45) is 0. The number of benzene rings is 2. The van der Waals surface area contributed by atoms with Crippen molar-refractivity contribution in [1.29, 1.82) is 0 Å². The van der Waals surface area contributed by atoms with E-state index < -0.39 is 0 Å². The molecule has 0 saturated carbocycles. The van der Waals surface area contributed by atoms with E-state index in [2.05, 4.69) is 56.2 Å². The van der Waals surface area contributed by atoms with Crippen molar-refractivity contribution in [3.63, 3.8) is 0 Å². The van der Waals surface area contributed by atoms with Crippen LogP contribution in [-0.4, -0.2) is 85.3 Å². The average Bonchev–Trinajstić information content (AvgIpc) is 2.84. The van der Waals surface area contributed by atoms with Gasteiger partial charge in [0, 0.05) is 57.9 Å². The van der Waals surface area contributed by atoms with E-state index in [1.165, 1.54) is 0 Å². The van der Waals surface area contributed by atoms with Crippen molar-refractivity contribution in [3.05, 3.63) is 60.2 Å². The first-order valence-electron chi connectivity index (χ1n) is 11.0. The molecule has 1 aromatic heterocycles. The van der Waals surface area contributed by atoms with Gasteiger partial charge in [-0.15, -0.1) is 10.2 Å². The lowest BCUT2D eigenvalue weighted by atomic mass is 10.1. The average molecular weight is 417 g/mol. The smallest absolute Gasteiger partial charge is 0.253 e. The van der Waals surface area contributed by atoms with Crippen LogP contribution in [0, 0.1) is 0 Å². The molecule has 0 radical (unpaired) electrons. The van der Waals surface area contributed by atoms with Gasteiger partial charge in [0.1, 0.15) is 0 Å². The van der Waals surface area contributed by atoms with Crippen LogP contribution in [0.25, 0.3) is 10.8 Å². The SMILES string of the molecule is CN1CCN(c2ccc(N3CCN(C(=O)c4ccc5ccccc5c4)CC3)nn2)CC1. The molecule has 1 amide bonds. The summed E-state index contributed by atoms with van der Waals surface area (Å²) in [5, 5.41) is 11.2. The van der Waals surface area contributed by atoms with Gasteiger partial charge < -0.3 is 19.6 Å². The first kappa shape index (κ1) is 19.8. The minimum Gasteiger partial charge on any atom is -0.353 e. The second kappa shape index (κ2) is 8.51. The lowest BCUT2D eigenvalue weighted by molar-refractivity contribution is 0.0746. The molecule has 7 heteroatoms. The Labute approximate surface area is 182 Å². The molecule has 160 valence electrons. The number of aromatic nitrogens is 2. The maximum atomic E-state index is 13.0. The fourth-order valence-electron chi connectivity index (χ4n) is 4.33. The Kier molecular flexibility index (Phi) is 5.42. The molecule has 3 aromatic rings. The molecule has 2 aliphatic heterocycles. The zero-order chi connectivity index (χ0) is 21.2. The van der Waals surface area contributed by atoms with Gasteiger partial charge in [0.15, 0.2) is 11.6 Å². The van der Waals surface area contributed by atoms with Crippen LogP contribution in [0.1, 0.15) is 10.4 Å². The molecule has 7 nitrogen and oxygen atoms in total. The Morgan fingerprint density at radius 3 is 1.90 bits per heavy atom. The summed E-state index contributed by atoms with van der Waals surface area (Å²) in [7, 11) is 2.15. The number of likely N-dealkylation sites (N-methyl/N-ethyl adjacent to an activating group) is 1. The third-order valence-corrected chi connectivity index (χ3v) is 6.35. The molecule has 3 heterocycles. The van der Waals surface area contributed by atoms with Crippen molar-refractivity contribution in [3.8, 4) is 0 Å². The maximum Gasteiger partial charge on any atom is 0.253 e. The van der Waals surface area contributed by atoms with Crippen LogP contribution in [0.2, 0.25) is 0 Å². The normalized spacial score (nSPS) is 17.9. The number of fused-ring (bicyclic) bond motifs is 1. The van der Waals surface area contributed by atoms with E-state index in [0.717, 1.165) is 67.2 Å². The number of rotatable bonds is 3. The van der Waals surface area contributed by atoms with E-state index in [1.807, 2.05) is 35.2 Å². The standard InChI is InChI=1S/C24H28N6O/c1-27-10-12-28(13-11-27)22-8-9-23(26-25-22)29-14-16-30(17-15-29)24(31)21-7-6-19-4-2-3-5-20(19)18-21/h2-9,18H,10-17H2,1H3. The summed E-state index contributed by atoms with van der Waals surface area (Å²) in [4.78, 5) is 21.8. The molecule has 2 aliphatic rings. The number of anilines is 2. The van der Waals surface area contributed by atoms with E-state index in [1.54, 1.807) is 0 Å². The minimum atomic E-state index is 0.0990. The molecule has 0 bridgehead atoms. The molecular weight excluding hydrogens is 388 g/mol. The highest BCUT2D eigenvalue weighted by molar-refractivity contribution is 5.98. The molecule has 0 atom stereocenters. The van der Waals surface area contributed by atoms with Gasteiger partial charge in [-0.05, 0) is 42.1 Å². The van der Waals surface area contributed by atoms with Crippen molar-refractivity contribution < 1.29 is 4.79 Å². The molecule has 0 unspecified atom stereocenters. The van der Waals surface area contributed by atoms with Crippen LogP contribution in [0.5, 0.6) is 0 Å². The minimum absolute atomic E-state index is 0.0990. The first-order chi connectivity index (χ1) is 15.2. The van der Waals surface area contributed by atoms with Gasteiger partial charge in [-0.1, -0.05) is 30.3 Å². The van der Waals surface area contributed by atoms with Gasteiger partial charge in [0.2, 0.25) is 0 Å². The van der Waals surface area contributed by atoms with Gasteiger partial charge >= 0.3 is 0 Å². The first-order valence-corrected chi connectivity index (χ1v) is 11.0. The number of hydrogen-bond acceptors (Lipinski definition) is 6. The van der Waals surface area contributed by atoms with Crippen molar-refractivity contribution >= 4 is 28.3 Å². The topological polar surface area (TPSA) is 55.8 Å². The third kappa shape index (κ3) is 4.18. The third-order valence-electron chi connectivity index (χ3n) is 6.35. The largest absolute Gasteiger partial charge is 0.353 e. The van der Waals surface area contributed by atoms with Crippen LogP contribution in [0.3, 0.4) is 0 Å². The van der Waals surface area contributed by atoms with Crippen molar-refractivity contribution in [1.82, 2.24) is 20.0 Å². The molecular formula is C24H28N6O. The Bertz CT molecular complexity index is 1050. The van der Waals surface area contributed by atoms with Crippen molar-refractivity contribution in [2.75, 3.05) is 69.2 Å². The fourth-order valence-corrected chi connectivity index (χ4v) is 4.33. The number of nitrogens with zero attached hydrogens (tertiary/aromatic N) is 6.